The minimum atomic E-state index is -0.361. The van der Waals surface area contributed by atoms with Gasteiger partial charge in [0.2, 0.25) is 0 Å². The molecule has 3 nitrogen and oxygen atoms in total. The highest BCUT2D eigenvalue weighted by Crippen LogP contribution is 2.21. The van der Waals surface area contributed by atoms with Crippen LogP contribution in [-0.2, 0) is 11.2 Å². The van der Waals surface area contributed by atoms with Gasteiger partial charge in [-0.05, 0) is 48.2 Å². The third-order valence-corrected chi connectivity index (χ3v) is 4.67. The van der Waals surface area contributed by atoms with E-state index in [0.717, 1.165) is 23.7 Å². The van der Waals surface area contributed by atoms with Crippen LogP contribution in [0, 0.1) is 17.8 Å². The van der Waals surface area contributed by atoms with Gasteiger partial charge in [0.1, 0.15) is 12.4 Å². The Balaban J connectivity index is 1.87. The zero-order chi connectivity index (χ0) is 20.2. The molecule has 0 aliphatic carbocycles. The molecule has 0 amide bonds. The Kier molecular flexibility index (Phi) is 9.15. The number of hydrogen-bond acceptors (Lipinski definition) is 3. The molecular formula is C25H30O3. The van der Waals surface area contributed by atoms with Crippen LogP contribution in [0.1, 0.15) is 61.0 Å². The van der Waals surface area contributed by atoms with Crippen molar-refractivity contribution in [3.05, 3.63) is 65.2 Å². The number of hydrogen-bond donors (Lipinski definition) is 0. The van der Waals surface area contributed by atoms with Crippen molar-refractivity contribution in [1.29, 1.82) is 0 Å². The van der Waals surface area contributed by atoms with Crippen molar-refractivity contribution in [3.8, 4) is 17.6 Å². The van der Waals surface area contributed by atoms with E-state index in [9.17, 15) is 4.79 Å². The van der Waals surface area contributed by atoms with Crippen LogP contribution in [0.5, 0.6) is 5.75 Å². The molecule has 0 saturated carbocycles. The van der Waals surface area contributed by atoms with Crippen LogP contribution < -0.4 is 4.74 Å². The summed E-state index contributed by atoms with van der Waals surface area (Å²) < 4.78 is 10.4. The van der Waals surface area contributed by atoms with Gasteiger partial charge in [0.15, 0.2) is 0 Å². The van der Waals surface area contributed by atoms with Crippen LogP contribution in [0.3, 0.4) is 0 Å². The molecule has 0 N–H and O–H groups in total. The van der Waals surface area contributed by atoms with Gasteiger partial charge in [0.25, 0.3) is 0 Å². The molecule has 28 heavy (non-hydrogen) atoms. The fraction of sp³-hybridized carbons (Fsp3) is 0.400. The van der Waals surface area contributed by atoms with E-state index in [4.69, 9.17) is 9.47 Å². The number of esters is 1. The number of carbonyl (C=O) groups excluding carboxylic acids is 1. The molecule has 0 atom stereocenters. The van der Waals surface area contributed by atoms with E-state index in [1.165, 1.54) is 38.4 Å². The first-order valence-electron chi connectivity index (χ1n) is 10.0. The maximum atomic E-state index is 11.6. The van der Waals surface area contributed by atoms with Gasteiger partial charge < -0.3 is 9.47 Å². The topological polar surface area (TPSA) is 35.5 Å². The molecule has 2 aromatic rings. The SMILES string of the molecule is CCCC(CCC)Cc1ccc(OCC#Cc2cccc(C(=O)OC)c2)cc1. The summed E-state index contributed by atoms with van der Waals surface area (Å²) in [6, 6.07) is 15.4. The zero-order valence-corrected chi connectivity index (χ0v) is 17.2. The van der Waals surface area contributed by atoms with E-state index in [-0.39, 0.29) is 5.97 Å². The second-order valence-corrected chi connectivity index (χ2v) is 6.95. The van der Waals surface area contributed by atoms with E-state index >= 15 is 0 Å². The molecule has 0 spiro atoms. The summed E-state index contributed by atoms with van der Waals surface area (Å²) in [5, 5.41) is 0. The Morgan fingerprint density at radius 1 is 1.04 bits per heavy atom. The minimum Gasteiger partial charge on any atom is -0.481 e. The van der Waals surface area contributed by atoms with Crippen molar-refractivity contribution in [2.45, 2.75) is 46.0 Å². The summed E-state index contributed by atoms with van der Waals surface area (Å²) in [6.07, 6.45) is 6.20. The molecule has 0 aliphatic rings. The van der Waals surface area contributed by atoms with E-state index in [0.29, 0.717) is 12.2 Å². The molecule has 0 radical (unpaired) electrons. The lowest BCUT2D eigenvalue weighted by Gasteiger charge is -2.15. The number of carbonyl (C=O) groups is 1. The monoisotopic (exact) mass is 378 g/mol. The average Bonchev–Trinajstić information content (AvgIpc) is 2.72. The fourth-order valence-electron chi connectivity index (χ4n) is 3.32. The smallest absolute Gasteiger partial charge is 0.337 e. The predicted octanol–water partition coefficient (Wildman–Crippen LogP) is 5.66. The molecule has 0 fully saturated rings. The third kappa shape index (κ3) is 7.12. The number of ether oxygens (including phenoxy) is 2. The molecule has 2 rings (SSSR count). The normalized spacial score (nSPS) is 10.3. The van der Waals surface area contributed by atoms with Gasteiger partial charge in [-0.2, -0.15) is 0 Å². The predicted molar refractivity (Wildman–Crippen MR) is 114 cm³/mol. The Bertz CT molecular complexity index is 791. The lowest BCUT2D eigenvalue weighted by molar-refractivity contribution is 0.0600. The van der Waals surface area contributed by atoms with Gasteiger partial charge in [0.05, 0.1) is 12.7 Å². The molecule has 148 valence electrons. The molecule has 0 bridgehead atoms. The molecule has 0 aromatic heterocycles. The van der Waals surface area contributed by atoms with Gasteiger partial charge in [0, 0.05) is 5.56 Å². The van der Waals surface area contributed by atoms with Gasteiger partial charge >= 0.3 is 5.97 Å². The summed E-state index contributed by atoms with van der Waals surface area (Å²) >= 11 is 0. The van der Waals surface area contributed by atoms with Crippen LogP contribution in [-0.4, -0.2) is 19.7 Å². The van der Waals surface area contributed by atoms with E-state index in [2.05, 4.69) is 37.8 Å². The van der Waals surface area contributed by atoms with Crippen molar-refractivity contribution in [2.75, 3.05) is 13.7 Å². The quantitative estimate of drug-likeness (QED) is 0.417. The first-order valence-corrected chi connectivity index (χ1v) is 10.0. The summed E-state index contributed by atoms with van der Waals surface area (Å²) in [6.45, 7) is 4.81. The summed E-state index contributed by atoms with van der Waals surface area (Å²) in [5.41, 5.74) is 2.62. The lowest BCUT2D eigenvalue weighted by Crippen LogP contribution is -2.04. The van der Waals surface area contributed by atoms with E-state index in [1.54, 1.807) is 18.2 Å². The van der Waals surface area contributed by atoms with E-state index in [1.807, 2.05) is 18.2 Å². The molecule has 3 heteroatoms. The van der Waals surface area contributed by atoms with Crippen LogP contribution >= 0.6 is 0 Å². The van der Waals surface area contributed by atoms with Crippen LogP contribution in [0.4, 0.5) is 0 Å². The lowest BCUT2D eigenvalue weighted by atomic mass is 9.91. The summed E-state index contributed by atoms with van der Waals surface area (Å²) in [7, 11) is 1.37. The van der Waals surface area contributed by atoms with Crippen molar-refractivity contribution in [3.63, 3.8) is 0 Å². The second-order valence-electron chi connectivity index (χ2n) is 6.95. The second kappa shape index (κ2) is 11.9. The van der Waals surface area contributed by atoms with Crippen LogP contribution in [0.25, 0.3) is 0 Å². The summed E-state index contributed by atoms with van der Waals surface area (Å²) in [5.74, 6) is 7.24. The highest BCUT2D eigenvalue weighted by molar-refractivity contribution is 5.89. The standard InChI is InChI=1S/C25H30O3/c1-4-8-20(9-5-2)18-22-13-15-24(16-14-22)28-17-7-11-21-10-6-12-23(19-21)25(26)27-3/h6,10,12-16,19-20H,4-5,8-9,17-18H2,1-3H3. The first kappa shape index (κ1) is 21.6. The highest BCUT2D eigenvalue weighted by Gasteiger charge is 2.08. The maximum absolute atomic E-state index is 11.6. The van der Waals surface area contributed by atoms with Crippen LogP contribution in [0.15, 0.2) is 48.5 Å². The van der Waals surface area contributed by atoms with Crippen molar-refractivity contribution in [1.82, 2.24) is 0 Å². The van der Waals surface area contributed by atoms with Crippen molar-refractivity contribution < 1.29 is 14.3 Å². The number of methoxy groups -OCH3 is 1. The number of benzene rings is 2. The summed E-state index contributed by atoms with van der Waals surface area (Å²) in [4.78, 5) is 11.6. The van der Waals surface area contributed by atoms with E-state index < -0.39 is 0 Å². The Morgan fingerprint density at radius 3 is 2.39 bits per heavy atom. The van der Waals surface area contributed by atoms with Gasteiger partial charge in [-0.1, -0.05) is 69.6 Å². The van der Waals surface area contributed by atoms with Gasteiger partial charge in [-0.15, -0.1) is 0 Å². The minimum absolute atomic E-state index is 0.302. The van der Waals surface area contributed by atoms with Gasteiger partial charge in [-0.25, -0.2) is 4.79 Å². The maximum Gasteiger partial charge on any atom is 0.337 e. The third-order valence-electron chi connectivity index (χ3n) is 4.67. The zero-order valence-electron chi connectivity index (χ0n) is 17.2. The fourth-order valence-corrected chi connectivity index (χ4v) is 3.32. The molecule has 0 unspecified atom stereocenters. The number of rotatable bonds is 9. The Morgan fingerprint density at radius 2 is 1.75 bits per heavy atom. The van der Waals surface area contributed by atoms with Crippen LogP contribution in [0.2, 0.25) is 0 Å². The van der Waals surface area contributed by atoms with Crippen molar-refractivity contribution in [2.24, 2.45) is 5.92 Å². The van der Waals surface area contributed by atoms with Gasteiger partial charge in [-0.3, -0.25) is 0 Å². The molecule has 0 heterocycles. The largest absolute Gasteiger partial charge is 0.481 e. The average molecular weight is 379 g/mol. The molecular weight excluding hydrogens is 348 g/mol. The highest BCUT2D eigenvalue weighted by atomic mass is 16.5. The molecule has 0 aliphatic heterocycles. The molecule has 0 saturated heterocycles. The molecule has 2 aromatic carbocycles. The Hall–Kier alpha value is -2.73. The van der Waals surface area contributed by atoms with Crippen molar-refractivity contribution >= 4 is 5.97 Å². The Labute approximate surface area is 169 Å². The first-order chi connectivity index (χ1) is 13.7.